The number of aliphatic hydroxyl groups excluding tert-OH is 1. The Balaban J connectivity index is 1.52. The van der Waals surface area contributed by atoms with Gasteiger partial charge >= 0.3 is 0 Å². The van der Waals surface area contributed by atoms with Crippen LogP contribution >= 0.6 is 11.3 Å². The van der Waals surface area contributed by atoms with Crippen molar-refractivity contribution in [1.82, 2.24) is 5.32 Å². The van der Waals surface area contributed by atoms with Crippen LogP contribution in [-0.2, 0) is 16.0 Å². The van der Waals surface area contributed by atoms with Gasteiger partial charge in [0.1, 0.15) is 11.7 Å². The molecule has 0 bridgehead atoms. The van der Waals surface area contributed by atoms with Gasteiger partial charge in [-0.25, -0.2) is 0 Å². The molecule has 0 aliphatic carbocycles. The molecule has 27 heavy (non-hydrogen) atoms. The molecule has 7 heteroatoms. The first kappa shape index (κ1) is 19.7. The van der Waals surface area contributed by atoms with Crippen molar-refractivity contribution < 1.29 is 24.1 Å². The van der Waals surface area contributed by atoms with Gasteiger partial charge in [0, 0.05) is 18.5 Å². The molecule has 0 saturated heterocycles. The Kier molecular flexibility index (Phi) is 6.36. The predicted molar refractivity (Wildman–Crippen MR) is 103 cm³/mol. The highest BCUT2D eigenvalue weighted by atomic mass is 32.1. The monoisotopic (exact) mass is 391 g/mol. The van der Waals surface area contributed by atoms with Crippen LogP contribution in [0.1, 0.15) is 31.1 Å². The molecule has 2 heterocycles. The number of hydrogen-bond acceptors (Lipinski definition) is 6. The summed E-state index contributed by atoms with van der Waals surface area (Å²) in [6.45, 7) is 4.43. The van der Waals surface area contributed by atoms with Crippen LogP contribution in [0.5, 0.6) is 11.5 Å². The number of aliphatic hydroxyl groups is 1. The topological polar surface area (TPSA) is 77.0 Å². The van der Waals surface area contributed by atoms with E-state index in [-0.39, 0.29) is 37.4 Å². The maximum absolute atomic E-state index is 12.2. The number of amides is 1. The molecule has 0 fully saturated rings. The van der Waals surface area contributed by atoms with Crippen molar-refractivity contribution in [2.75, 3.05) is 26.4 Å². The normalized spacial score (nSPS) is 15.7. The largest absolute Gasteiger partial charge is 0.483 e. The fourth-order valence-electron chi connectivity index (χ4n) is 3.03. The van der Waals surface area contributed by atoms with E-state index >= 15 is 0 Å². The van der Waals surface area contributed by atoms with Gasteiger partial charge < -0.3 is 24.6 Å². The van der Waals surface area contributed by atoms with Gasteiger partial charge in [-0.1, -0.05) is 12.1 Å². The molecule has 1 atom stereocenters. The lowest BCUT2D eigenvalue weighted by Crippen LogP contribution is -2.33. The number of hydrogen-bond donors (Lipinski definition) is 2. The van der Waals surface area contributed by atoms with E-state index in [0.29, 0.717) is 12.3 Å². The van der Waals surface area contributed by atoms with E-state index < -0.39 is 0 Å². The van der Waals surface area contributed by atoms with E-state index in [2.05, 4.69) is 5.32 Å². The molecule has 1 amide bonds. The van der Waals surface area contributed by atoms with Crippen LogP contribution in [0.2, 0.25) is 0 Å². The fraction of sp³-hybridized carbons (Fsp3) is 0.450. The third-order valence-corrected chi connectivity index (χ3v) is 4.93. The van der Waals surface area contributed by atoms with E-state index in [4.69, 9.17) is 19.3 Å². The molecular weight excluding hydrogens is 366 g/mol. The highest BCUT2D eigenvalue weighted by molar-refractivity contribution is 7.07. The van der Waals surface area contributed by atoms with Gasteiger partial charge in [0.15, 0.2) is 18.1 Å². The summed E-state index contributed by atoms with van der Waals surface area (Å²) in [5.74, 6) is 1.06. The Hall–Kier alpha value is -2.09. The zero-order valence-electron chi connectivity index (χ0n) is 15.6. The molecule has 0 spiro atoms. The molecule has 1 aliphatic heterocycles. The zero-order chi connectivity index (χ0) is 19.3. The molecule has 2 N–H and O–H groups in total. The molecule has 0 saturated carbocycles. The Morgan fingerprint density at radius 1 is 1.41 bits per heavy atom. The third-order valence-electron chi connectivity index (χ3n) is 4.22. The summed E-state index contributed by atoms with van der Waals surface area (Å²) < 4.78 is 17.3. The fourth-order valence-corrected chi connectivity index (χ4v) is 3.73. The number of rotatable bonds is 9. The summed E-state index contributed by atoms with van der Waals surface area (Å²) >= 11 is 1.56. The first-order chi connectivity index (χ1) is 13.0. The number of nitrogens with one attached hydrogen (secondary N) is 1. The van der Waals surface area contributed by atoms with E-state index in [0.717, 1.165) is 23.3 Å². The number of para-hydroxylation sites is 1. The number of carbonyl (C=O) groups excluding carboxylic acids is 1. The van der Waals surface area contributed by atoms with Crippen LogP contribution < -0.4 is 14.8 Å². The van der Waals surface area contributed by atoms with Crippen molar-refractivity contribution >= 4 is 17.2 Å². The molecule has 1 aliphatic rings. The molecule has 2 aromatic rings. The van der Waals surface area contributed by atoms with Crippen molar-refractivity contribution in [2.45, 2.75) is 32.0 Å². The van der Waals surface area contributed by atoms with E-state index in [1.54, 1.807) is 11.3 Å². The highest BCUT2D eigenvalue weighted by Crippen LogP contribution is 2.41. The Morgan fingerprint density at radius 2 is 2.26 bits per heavy atom. The van der Waals surface area contributed by atoms with Gasteiger partial charge in [0.2, 0.25) is 0 Å². The number of fused-ring (bicyclic) bond motifs is 1. The lowest BCUT2D eigenvalue weighted by Gasteiger charge is -2.19. The first-order valence-corrected chi connectivity index (χ1v) is 9.88. The van der Waals surface area contributed by atoms with Crippen molar-refractivity contribution in [3.05, 3.63) is 46.2 Å². The van der Waals surface area contributed by atoms with Gasteiger partial charge in [-0.05, 0) is 42.3 Å². The van der Waals surface area contributed by atoms with Crippen LogP contribution in [0.3, 0.4) is 0 Å². The Labute approximate surface area is 163 Å². The highest BCUT2D eigenvalue weighted by Gasteiger charge is 2.32. The summed E-state index contributed by atoms with van der Waals surface area (Å²) in [6, 6.07) is 7.68. The van der Waals surface area contributed by atoms with Crippen LogP contribution in [0, 0.1) is 0 Å². The standard InChI is InChI=1S/C20H25NO5S/c1-20(2)10-14-4-3-5-16(19(14)26-20)25-12-18(23)21-11-17(24-8-7-22)15-6-9-27-13-15/h3-6,9,13,17,22H,7-8,10-12H2,1-2H3,(H,21,23)/t17-/m0/s1. The van der Waals surface area contributed by atoms with Gasteiger partial charge in [-0.15, -0.1) is 0 Å². The molecular formula is C20H25NO5S. The molecule has 3 rings (SSSR count). The van der Waals surface area contributed by atoms with E-state index in [9.17, 15) is 4.79 Å². The molecule has 146 valence electrons. The second kappa shape index (κ2) is 8.73. The van der Waals surface area contributed by atoms with Gasteiger partial charge in [0.05, 0.1) is 13.2 Å². The maximum Gasteiger partial charge on any atom is 0.258 e. The van der Waals surface area contributed by atoms with Crippen LogP contribution in [0.15, 0.2) is 35.0 Å². The minimum Gasteiger partial charge on any atom is -0.483 e. The van der Waals surface area contributed by atoms with E-state index in [1.807, 2.05) is 48.9 Å². The summed E-state index contributed by atoms with van der Waals surface area (Å²) in [5, 5.41) is 15.7. The lowest BCUT2D eigenvalue weighted by atomic mass is 10.0. The summed E-state index contributed by atoms with van der Waals surface area (Å²) in [6.07, 6.45) is 0.522. The van der Waals surface area contributed by atoms with E-state index in [1.165, 1.54) is 0 Å². The summed E-state index contributed by atoms with van der Waals surface area (Å²) in [7, 11) is 0. The second-order valence-corrected chi connectivity index (χ2v) is 7.80. The minimum absolute atomic E-state index is 0.0623. The van der Waals surface area contributed by atoms with Crippen molar-refractivity contribution in [3.63, 3.8) is 0 Å². The van der Waals surface area contributed by atoms with Crippen LogP contribution in [0.4, 0.5) is 0 Å². The maximum atomic E-state index is 12.2. The number of carbonyl (C=O) groups is 1. The zero-order valence-corrected chi connectivity index (χ0v) is 16.4. The molecule has 6 nitrogen and oxygen atoms in total. The molecule has 0 unspecified atom stereocenters. The smallest absolute Gasteiger partial charge is 0.258 e. The van der Waals surface area contributed by atoms with Gasteiger partial charge in [-0.2, -0.15) is 11.3 Å². The quantitative estimate of drug-likeness (QED) is 0.687. The van der Waals surface area contributed by atoms with Crippen molar-refractivity contribution in [3.8, 4) is 11.5 Å². The summed E-state index contributed by atoms with van der Waals surface area (Å²) in [4.78, 5) is 12.2. The molecule has 1 aromatic carbocycles. The predicted octanol–water partition coefficient (Wildman–Crippen LogP) is 2.71. The third kappa shape index (κ3) is 5.22. The Morgan fingerprint density at radius 3 is 3.00 bits per heavy atom. The average molecular weight is 391 g/mol. The Bertz CT molecular complexity index is 760. The van der Waals surface area contributed by atoms with Crippen LogP contribution in [0.25, 0.3) is 0 Å². The SMILES string of the molecule is CC1(C)Cc2cccc(OCC(=O)NC[C@H](OCCO)c3ccsc3)c2O1. The second-order valence-electron chi connectivity index (χ2n) is 7.02. The number of ether oxygens (including phenoxy) is 3. The van der Waals surface area contributed by atoms with Crippen molar-refractivity contribution in [1.29, 1.82) is 0 Å². The minimum atomic E-state index is -0.294. The lowest BCUT2D eigenvalue weighted by molar-refractivity contribution is -0.123. The number of benzene rings is 1. The van der Waals surface area contributed by atoms with Gasteiger partial charge in [0.25, 0.3) is 5.91 Å². The first-order valence-electron chi connectivity index (χ1n) is 8.93. The summed E-state index contributed by atoms with van der Waals surface area (Å²) in [5.41, 5.74) is 1.81. The molecule has 0 radical (unpaired) electrons. The number of thiophene rings is 1. The average Bonchev–Trinajstić information content (AvgIpc) is 3.26. The van der Waals surface area contributed by atoms with Crippen LogP contribution in [-0.4, -0.2) is 43.0 Å². The molecule has 1 aromatic heterocycles. The van der Waals surface area contributed by atoms with Gasteiger partial charge in [-0.3, -0.25) is 4.79 Å². The van der Waals surface area contributed by atoms with Crippen molar-refractivity contribution in [2.24, 2.45) is 0 Å².